The fourth-order valence-electron chi connectivity index (χ4n) is 3.67. The van der Waals surface area contributed by atoms with Crippen LogP contribution in [-0.2, 0) is 13.1 Å². The van der Waals surface area contributed by atoms with Crippen molar-refractivity contribution in [2.24, 2.45) is 0 Å². The molecule has 31 heavy (non-hydrogen) atoms. The van der Waals surface area contributed by atoms with E-state index in [9.17, 15) is 9.59 Å². The molecular weight excluding hydrogens is 390 g/mol. The molecule has 0 aliphatic heterocycles. The maximum absolute atomic E-state index is 12.9. The molecule has 0 saturated heterocycles. The van der Waals surface area contributed by atoms with E-state index in [-0.39, 0.29) is 18.0 Å². The van der Waals surface area contributed by atoms with Crippen molar-refractivity contribution in [1.29, 1.82) is 0 Å². The van der Waals surface area contributed by atoms with E-state index >= 15 is 0 Å². The van der Waals surface area contributed by atoms with Gasteiger partial charge < -0.3 is 10.3 Å². The summed E-state index contributed by atoms with van der Waals surface area (Å²) < 4.78 is 1.42. The minimum Gasteiger partial charge on any atom is -0.361 e. The standard InChI is InChI=1S/C24H19N5O2/c30-23(18-7-8-21-17(12-18)9-11-26-21)27-14-22-19-5-1-2-6-20(19)24(31)29(28-22)15-16-4-3-10-25-13-16/h1-13,26H,14-15H2,(H,27,30). The number of carbonyl (C=O) groups is 1. The Balaban J connectivity index is 1.46. The van der Waals surface area contributed by atoms with Crippen LogP contribution in [0.15, 0.2) is 84.0 Å². The lowest BCUT2D eigenvalue weighted by molar-refractivity contribution is 0.0950. The number of fused-ring (bicyclic) bond motifs is 2. The Morgan fingerprint density at radius 1 is 1.03 bits per heavy atom. The summed E-state index contributed by atoms with van der Waals surface area (Å²) in [6.45, 7) is 0.514. The first kappa shape index (κ1) is 18.7. The SMILES string of the molecule is O=C(NCc1nn(Cc2cccnc2)c(=O)c2ccccc12)c1ccc2[nH]ccc2c1. The van der Waals surface area contributed by atoms with E-state index in [0.717, 1.165) is 21.9 Å². The third-order valence-corrected chi connectivity index (χ3v) is 5.23. The van der Waals surface area contributed by atoms with Crippen molar-refractivity contribution in [3.8, 4) is 0 Å². The minimum atomic E-state index is -0.195. The van der Waals surface area contributed by atoms with Gasteiger partial charge in [0.25, 0.3) is 11.5 Å². The number of rotatable bonds is 5. The highest BCUT2D eigenvalue weighted by Gasteiger charge is 2.13. The summed E-state index contributed by atoms with van der Waals surface area (Å²) >= 11 is 0. The van der Waals surface area contributed by atoms with Gasteiger partial charge in [-0.05, 0) is 42.0 Å². The summed E-state index contributed by atoms with van der Waals surface area (Å²) in [6, 6.07) is 18.5. The maximum atomic E-state index is 12.9. The first-order valence-corrected chi connectivity index (χ1v) is 9.92. The van der Waals surface area contributed by atoms with Crippen LogP contribution in [0.2, 0.25) is 0 Å². The molecule has 3 heterocycles. The smallest absolute Gasteiger partial charge is 0.274 e. The van der Waals surface area contributed by atoms with E-state index < -0.39 is 0 Å². The van der Waals surface area contributed by atoms with Crippen LogP contribution in [0, 0.1) is 0 Å². The molecule has 0 saturated carbocycles. The predicted octanol–water partition coefficient (Wildman–Crippen LogP) is 3.25. The van der Waals surface area contributed by atoms with Crippen molar-refractivity contribution in [3.05, 3.63) is 106 Å². The number of benzene rings is 2. The maximum Gasteiger partial charge on any atom is 0.274 e. The Bertz CT molecular complexity index is 1450. The van der Waals surface area contributed by atoms with Crippen molar-refractivity contribution in [3.63, 3.8) is 0 Å². The summed E-state index contributed by atoms with van der Waals surface area (Å²) in [4.78, 5) is 32.9. The number of carbonyl (C=O) groups excluding carboxylic acids is 1. The zero-order chi connectivity index (χ0) is 21.2. The van der Waals surface area contributed by atoms with E-state index in [0.29, 0.717) is 23.2 Å². The molecule has 0 bridgehead atoms. The molecule has 5 aromatic rings. The third kappa shape index (κ3) is 3.69. The van der Waals surface area contributed by atoms with Gasteiger partial charge >= 0.3 is 0 Å². The molecule has 3 aromatic heterocycles. The number of aromatic nitrogens is 4. The number of hydrogen-bond acceptors (Lipinski definition) is 4. The minimum absolute atomic E-state index is 0.174. The van der Waals surface area contributed by atoms with Crippen LogP contribution in [0.4, 0.5) is 0 Å². The van der Waals surface area contributed by atoms with Gasteiger partial charge in [0, 0.05) is 40.4 Å². The first-order valence-electron chi connectivity index (χ1n) is 9.92. The zero-order valence-corrected chi connectivity index (χ0v) is 16.6. The Kier molecular flexibility index (Phi) is 4.76. The van der Waals surface area contributed by atoms with Crippen molar-refractivity contribution < 1.29 is 4.79 Å². The third-order valence-electron chi connectivity index (χ3n) is 5.23. The Morgan fingerprint density at radius 3 is 2.74 bits per heavy atom. The largest absolute Gasteiger partial charge is 0.361 e. The van der Waals surface area contributed by atoms with Gasteiger partial charge in [0.1, 0.15) is 0 Å². The summed E-state index contributed by atoms with van der Waals surface area (Å²) in [5.74, 6) is -0.195. The average molecular weight is 409 g/mol. The summed E-state index contributed by atoms with van der Waals surface area (Å²) in [6.07, 6.45) is 5.24. The lowest BCUT2D eigenvalue weighted by atomic mass is 10.1. The molecule has 0 atom stereocenters. The highest BCUT2D eigenvalue weighted by atomic mass is 16.1. The summed E-state index contributed by atoms with van der Waals surface area (Å²) in [5, 5.41) is 9.77. The molecular formula is C24H19N5O2. The molecule has 7 heteroatoms. The van der Waals surface area contributed by atoms with Crippen LogP contribution in [-0.4, -0.2) is 25.7 Å². The lowest BCUT2D eigenvalue weighted by Crippen LogP contribution is -2.29. The van der Waals surface area contributed by atoms with Crippen molar-refractivity contribution in [2.45, 2.75) is 13.1 Å². The molecule has 2 aromatic carbocycles. The van der Waals surface area contributed by atoms with Crippen LogP contribution in [0.25, 0.3) is 21.7 Å². The second kappa shape index (κ2) is 7.87. The molecule has 0 aliphatic rings. The number of pyridine rings is 1. The second-order valence-corrected chi connectivity index (χ2v) is 7.28. The number of H-pyrrole nitrogens is 1. The van der Waals surface area contributed by atoms with Crippen molar-refractivity contribution in [1.82, 2.24) is 25.1 Å². The second-order valence-electron chi connectivity index (χ2n) is 7.28. The zero-order valence-electron chi connectivity index (χ0n) is 16.6. The molecule has 1 amide bonds. The van der Waals surface area contributed by atoms with Crippen LogP contribution in [0.3, 0.4) is 0 Å². The van der Waals surface area contributed by atoms with E-state index in [1.54, 1.807) is 24.5 Å². The summed E-state index contributed by atoms with van der Waals surface area (Å²) in [7, 11) is 0. The first-order chi connectivity index (χ1) is 15.2. The van der Waals surface area contributed by atoms with Gasteiger partial charge in [-0.2, -0.15) is 5.10 Å². The molecule has 7 nitrogen and oxygen atoms in total. The predicted molar refractivity (Wildman–Crippen MR) is 119 cm³/mol. The van der Waals surface area contributed by atoms with E-state index in [1.165, 1.54) is 4.68 Å². The van der Waals surface area contributed by atoms with Gasteiger partial charge in [0.05, 0.1) is 24.2 Å². The van der Waals surface area contributed by atoms with Gasteiger partial charge in [-0.15, -0.1) is 0 Å². The molecule has 2 N–H and O–H groups in total. The van der Waals surface area contributed by atoms with Crippen LogP contribution < -0.4 is 10.9 Å². The number of hydrogen-bond donors (Lipinski definition) is 2. The van der Waals surface area contributed by atoms with Crippen molar-refractivity contribution >= 4 is 27.6 Å². The van der Waals surface area contributed by atoms with Gasteiger partial charge in [-0.3, -0.25) is 14.6 Å². The van der Waals surface area contributed by atoms with Gasteiger partial charge in [0.2, 0.25) is 0 Å². The quantitative estimate of drug-likeness (QED) is 0.466. The number of nitrogens with one attached hydrogen (secondary N) is 2. The molecule has 5 rings (SSSR count). The normalized spacial score (nSPS) is 11.1. The topological polar surface area (TPSA) is 92.7 Å². The molecule has 0 aliphatic carbocycles. The number of aromatic amines is 1. The van der Waals surface area contributed by atoms with Crippen LogP contribution in [0.5, 0.6) is 0 Å². The Hall–Kier alpha value is -4.26. The average Bonchev–Trinajstić information content (AvgIpc) is 3.28. The molecule has 0 spiro atoms. The summed E-state index contributed by atoms with van der Waals surface area (Å²) in [5.41, 5.74) is 2.89. The van der Waals surface area contributed by atoms with Crippen molar-refractivity contribution in [2.75, 3.05) is 0 Å². The fourth-order valence-corrected chi connectivity index (χ4v) is 3.67. The fraction of sp³-hybridized carbons (Fsp3) is 0.0833. The highest BCUT2D eigenvalue weighted by molar-refractivity contribution is 5.98. The van der Waals surface area contributed by atoms with Gasteiger partial charge in [0.15, 0.2) is 0 Å². The van der Waals surface area contributed by atoms with Crippen LogP contribution in [0.1, 0.15) is 21.6 Å². The monoisotopic (exact) mass is 409 g/mol. The number of amides is 1. The highest BCUT2D eigenvalue weighted by Crippen LogP contribution is 2.16. The van der Waals surface area contributed by atoms with Crippen LogP contribution >= 0.6 is 0 Å². The molecule has 0 fully saturated rings. The molecule has 0 radical (unpaired) electrons. The molecule has 152 valence electrons. The molecule has 0 unspecified atom stereocenters. The van der Waals surface area contributed by atoms with E-state index in [1.807, 2.05) is 54.7 Å². The van der Waals surface area contributed by atoms with E-state index in [2.05, 4.69) is 20.4 Å². The van der Waals surface area contributed by atoms with Gasteiger partial charge in [-0.1, -0.05) is 24.3 Å². The van der Waals surface area contributed by atoms with E-state index in [4.69, 9.17) is 0 Å². The van der Waals surface area contributed by atoms with Gasteiger partial charge in [-0.25, -0.2) is 4.68 Å². The number of nitrogens with zero attached hydrogens (tertiary/aromatic N) is 3. The lowest BCUT2D eigenvalue weighted by Gasteiger charge is -2.12. The Labute approximate surface area is 177 Å². The Morgan fingerprint density at radius 2 is 1.90 bits per heavy atom.